The molecular formula is C25H35N. The molecule has 1 heterocycles. The topological polar surface area (TPSA) is 12.4 Å². The minimum absolute atomic E-state index is 0.228. The van der Waals surface area contributed by atoms with Crippen molar-refractivity contribution < 1.29 is 0 Å². The molecule has 26 heavy (non-hydrogen) atoms. The van der Waals surface area contributed by atoms with Crippen LogP contribution in [0.15, 0.2) is 23.2 Å². The van der Waals surface area contributed by atoms with E-state index in [1.807, 2.05) is 0 Å². The van der Waals surface area contributed by atoms with Crippen LogP contribution < -0.4 is 0 Å². The van der Waals surface area contributed by atoms with E-state index in [0.717, 1.165) is 5.92 Å². The molecule has 0 radical (unpaired) electrons. The van der Waals surface area contributed by atoms with Gasteiger partial charge in [0.15, 0.2) is 0 Å². The van der Waals surface area contributed by atoms with Crippen molar-refractivity contribution in [3.05, 3.63) is 34.9 Å². The van der Waals surface area contributed by atoms with Crippen LogP contribution in [0.25, 0.3) is 0 Å². The Morgan fingerprint density at radius 2 is 1.77 bits per heavy atom. The Morgan fingerprint density at radius 3 is 2.42 bits per heavy atom. The average molecular weight is 350 g/mol. The Bertz CT molecular complexity index is 712. The standard InChI is InChI=1S/C25H35N/c1-24(2,3)20-13-6-11-18-21(20)19-12-7-16-26-23(19)22(18)25(14-8-15-25)17-9-4-5-10-17/h6,11,13,16-17,19,22-23H,4-5,7-10,12,14-15H2,1-3H3. The molecule has 0 N–H and O–H groups in total. The van der Waals surface area contributed by atoms with E-state index in [1.165, 1.54) is 57.8 Å². The van der Waals surface area contributed by atoms with Gasteiger partial charge in [0, 0.05) is 11.8 Å². The van der Waals surface area contributed by atoms with E-state index in [9.17, 15) is 0 Å². The average Bonchev–Trinajstić information content (AvgIpc) is 3.21. The van der Waals surface area contributed by atoms with E-state index >= 15 is 0 Å². The van der Waals surface area contributed by atoms with Gasteiger partial charge in [0.2, 0.25) is 0 Å². The second-order valence-corrected chi connectivity index (χ2v) is 10.6. The second-order valence-electron chi connectivity index (χ2n) is 10.6. The Morgan fingerprint density at radius 1 is 1.00 bits per heavy atom. The van der Waals surface area contributed by atoms with Crippen molar-refractivity contribution in [1.82, 2.24) is 0 Å². The van der Waals surface area contributed by atoms with Gasteiger partial charge in [-0.15, -0.1) is 0 Å². The van der Waals surface area contributed by atoms with Gasteiger partial charge in [0.25, 0.3) is 0 Å². The maximum absolute atomic E-state index is 5.21. The number of aliphatic imine (C=N–C) groups is 1. The van der Waals surface area contributed by atoms with Crippen LogP contribution >= 0.6 is 0 Å². The Labute approximate surface area is 159 Å². The smallest absolute Gasteiger partial charge is 0.0638 e. The molecule has 1 aromatic carbocycles. The van der Waals surface area contributed by atoms with Crippen LogP contribution in [0, 0.1) is 11.3 Å². The number of hydrogen-bond acceptors (Lipinski definition) is 1. The van der Waals surface area contributed by atoms with Crippen molar-refractivity contribution in [2.45, 2.75) is 102 Å². The highest BCUT2D eigenvalue weighted by Crippen LogP contribution is 2.66. The van der Waals surface area contributed by atoms with Crippen LogP contribution in [0.2, 0.25) is 0 Å². The molecule has 0 bridgehead atoms. The fourth-order valence-electron chi connectivity index (χ4n) is 7.17. The second kappa shape index (κ2) is 5.94. The minimum atomic E-state index is 0.228. The summed E-state index contributed by atoms with van der Waals surface area (Å²) in [7, 11) is 0. The van der Waals surface area contributed by atoms with E-state index < -0.39 is 0 Å². The molecule has 4 aliphatic rings. The fraction of sp³-hybridized carbons (Fsp3) is 0.720. The van der Waals surface area contributed by atoms with Gasteiger partial charge in [-0.2, -0.15) is 0 Å². The van der Waals surface area contributed by atoms with Gasteiger partial charge in [0.1, 0.15) is 0 Å². The zero-order valence-electron chi connectivity index (χ0n) is 16.9. The van der Waals surface area contributed by atoms with Crippen molar-refractivity contribution in [3.63, 3.8) is 0 Å². The molecule has 3 atom stereocenters. The molecule has 1 heteroatoms. The molecule has 2 saturated carbocycles. The summed E-state index contributed by atoms with van der Waals surface area (Å²) in [5.41, 5.74) is 5.82. The first-order valence-corrected chi connectivity index (χ1v) is 11.2. The van der Waals surface area contributed by atoms with Gasteiger partial charge < -0.3 is 0 Å². The van der Waals surface area contributed by atoms with Crippen LogP contribution in [0.4, 0.5) is 0 Å². The predicted octanol–water partition coefficient (Wildman–Crippen LogP) is 6.76. The summed E-state index contributed by atoms with van der Waals surface area (Å²) in [5.74, 6) is 2.33. The van der Waals surface area contributed by atoms with Crippen molar-refractivity contribution in [2.75, 3.05) is 0 Å². The number of nitrogens with zero attached hydrogens (tertiary/aromatic N) is 1. The van der Waals surface area contributed by atoms with Crippen molar-refractivity contribution in [1.29, 1.82) is 0 Å². The molecule has 0 spiro atoms. The van der Waals surface area contributed by atoms with Gasteiger partial charge in [-0.25, -0.2) is 0 Å². The first kappa shape index (κ1) is 17.0. The normalized spacial score (nSPS) is 33.0. The highest BCUT2D eigenvalue weighted by atomic mass is 14.9. The molecule has 0 amide bonds. The molecule has 0 saturated heterocycles. The van der Waals surface area contributed by atoms with Gasteiger partial charge in [0.05, 0.1) is 6.04 Å². The lowest BCUT2D eigenvalue weighted by Gasteiger charge is -2.53. The largest absolute Gasteiger partial charge is 0.293 e. The molecular weight excluding hydrogens is 314 g/mol. The van der Waals surface area contributed by atoms with Gasteiger partial charge in [-0.3, -0.25) is 4.99 Å². The zero-order valence-corrected chi connectivity index (χ0v) is 16.9. The molecule has 5 rings (SSSR count). The van der Waals surface area contributed by atoms with Gasteiger partial charge in [-0.05, 0) is 78.2 Å². The molecule has 0 aromatic heterocycles. The van der Waals surface area contributed by atoms with E-state index in [1.54, 1.807) is 16.7 Å². The summed E-state index contributed by atoms with van der Waals surface area (Å²) in [6.07, 6.45) is 15.0. The lowest BCUT2D eigenvalue weighted by molar-refractivity contribution is 0.0103. The van der Waals surface area contributed by atoms with E-state index in [2.05, 4.69) is 45.2 Å². The maximum Gasteiger partial charge on any atom is 0.0638 e. The lowest BCUT2D eigenvalue weighted by atomic mass is 9.52. The fourth-order valence-corrected chi connectivity index (χ4v) is 7.17. The van der Waals surface area contributed by atoms with Crippen LogP contribution in [0.5, 0.6) is 0 Å². The third kappa shape index (κ3) is 2.31. The summed E-state index contributed by atoms with van der Waals surface area (Å²) in [6, 6.07) is 7.80. The van der Waals surface area contributed by atoms with Crippen LogP contribution in [-0.2, 0) is 5.41 Å². The maximum atomic E-state index is 5.21. The number of rotatable bonds is 2. The first-order valence-electron chi connectivity index (χ1n) is 11.2. The summed E-state index contributed by atoms with van der Waals surface area (Å²) in [5, 5.41) is 0. The molecule has 1 aromatic rings. The first-order chi connectivity index (χ1) is 12.5. The van der Waals surface area contributed by atoms with Gasteiger partial charge in [-0.1, -0.05) is 58.2 Å². The minimum Gasteiger partial charge on any atom is -0.293 e. The molecule has 1 nitrogen and oxygen atoms in total. The SMILES string of the molecule is CC(C)(C)c1cccc2c1C1CCC=NC1C2C1(C2CCCC2)CCC1. The summed E-state index contributed by atoms with van der Waals surface area (Å²) in [4.78, 5) is 5.21. The Hall–Kier alpha value is -1.11. The highest BCUT2D eigenvalue weighted by molar-refractivity contribution is 5.62. The van der Waals surface area contributed by atoms with Crippen molar-refractivity contribution in [3.8, 4) is 0 Å². The van der Waals surface area contributed by atoms with E-state index in [-0.39, 0.29) is 5.41 Å². The van der Waals surface area contributed by atoms with E-state index in [4.69, 9.17) is 4.99 Å². The monoisotopic (exact) mass is 349 g/mol. The number of fused-ring (bicyclic) bond motifs is 3. The number of hydrogen-bond donors (Lipinski definition) is 0. The highest BCUT2D eigenvalue weighted by Gasteiger charge is 2.58. The lowest BCUT2D eigenvalue weighted by Crippen LogP contribution is -2.45. The molecule has 140 valence electrons. The third-order valence-corrected chi connectivity index (χ3v) is 8.36. The van der Waals surface area contributed by atoms with Gasteiger partial charge >= 0.3 is 0 Å². The summed E-state index contributed by atoms with van der Waals surface area (Å²) in [6.45, 7) is 7.19. The van der Waals surface area contributed by atoms with Crippen LogP contribution in [0.1, 0.15) is 107 Å². The molecule has 1 aliphatic heterocycles. The quantitative estimate of drug-likeness (QED) is 0.559. The zero-order chi connectivity index (χ0) is 17.9. The van der Waals surface area contributed by atoms with Crippen molar-refractivity contribution in [2.24, 2.45) is 16.3 Å². The van der Waals surface area contributed by atoms with Crippen molar-refractivity contribution >= 4 is 6.21 Å². The molecule has 3 aliphatic carbocycles. The molecule has 2 fully saturated rings. The summed E-state index contributed by atoms with van der Waals surface area (Å²) < 4.78 is 0. The third-order valence-electron chi connectivity index (χ3n) is 8.36. The Kier molecular flexibility index (Phi) is 3.89. The predicted molar refractivity (Wildman–Crippen MR) is 110 cm³/mol. The van der Waals surface area contributed by atoms with Crippen LogP contribution in [0.3, 0.4) is 0 Å². The Balaban J connectivity index is 1.67. The number of benzene rings is 1. The van der Waals surface area contributed by atoms with Crippen LogP contribution in [-0.4, -0.2) is 12.3 Å². The molecule has 3 unspecified atom stereocenters. The van der Waals surface area contributed by atoms with E-state index in [0.29, 0.717) is 23.3 Å². The summed E-state index contributed by atoms with van der Waals surface area (Å²) >= 11 is 0.